The zero-order valence-electron chi connectivity index (χ0n) is 7.68. The standard InChI is InChI=1S/C7H17NO2P/c1-7(9)11-10-6-5-8(2,3)4/h11H,5-6H2,1-4H3/q+1. The molecular formula is C7H17NO2P+. The molecule has 1 unspecified atom stereocenters. The number of nitrogens with zero attached hydrogens (tertiary/aromatic N) is 1. The van der Waals surface area contributed by atoms with Crippen molar-refractivity contribution in [3.8, 4) is 0 Å². The Hall–Kier alpha value is 0.0200. The van der Waals surface area contributed by atoms with E-state index in [2.05, 4.69) is 21.1 Å². The lowest BCUT2D eigenvalue weighted by atomic mass is 10.5. The summed E-state index contributed by atoms with van der Waals surface area (Å²) in [5.41, 5.74) is 0.117. The van der Waals surface area contributed by atoms with Gasteiger partial charge in [-0.2, -0.15) is 0 Å². The summed E-state index contributed by atoms with van der Waals surface area (Å²) in [5.74, 6) is 0. The molecule has 0 fully saturated rings. The second-order valence-corrected chi connectivity index (χ2v) is 4.72. The Morgan fingerprint density at radius 1 is 1.45 bits per heavy atom. The molecule has 4 heteroatoms. The molecule has 11 heavy (non-hydrogen) atoms. The predicted molar refractivity (Wildman–Crippen MR) is 47.8 cm³/mol. The van der Waals surface area contributed by atoms with Crippen LogP contribution in [0.25, 0.3) is 0 Å². The summed E-state index contributed by atoms with van der Waals surface area (Å²) in [6.45, 7) is 3.16. The third kappa shape index (κ3) is 10.0. The lowest BCUT2D eigenvalue weighted by molar-refractivity contribution is -0.870. The third-order valence-corrected chi connectivity index (χ3v) is 1.72. The Labute approximate surface area is 70.2 Å². The number of hydrogen-bond donors (Lipinski definition) is 0. The van der Waals surface area contributed by atoms with Crippen LogP contribution >= 0.6 is 8.81 Å². The lowest BCUT2D eigenvalue weighted by Gasteiger charge is -2.23. The van der Waals surface area contributed by atoms with Gasteiger partial charge >= 0.3 is 0 Å². The average Bonchev–Trinajstić information content (AvgIpc) is 1.78. The van der Waals surface area contributed by atoms with Gasteiger partial charge in [-0.05, 0) is 0 Å². The zero-order chi connectivity index (χ0) is 8.91. The van der Waals surface area contributed by atoms with Gasteiger partial charge in [-0.1, -0.05) is 0 Å². The van der Waals surface area contributed by atoms with Crippen LogP contribution in [0.5, 0.6) is 0 Å². The van der Waals surface area contributed by atoms with Gasteiger partial charge in [0.25, 0.3) is 0 Å². The topological polar surface area (TPSA) is 26.3 Å². The Kier molecular flexibility index (Phi) is 4.82. The maximum Gasteiger partial charge on any atom is 0.175 e. The molecule has 0 bridgehead atoms. The van der Waals surface area contributed by atoms with E-state index in [0.717, 1.165) is 11.0 Å². The number of quaternary nitrogens is 1. The largest absolute Gasteiger partial charge is 0.349 e. The van der Waals surface area contributed by atoms with Crippen molar-refractivity contribution in [3.63, 3.8) is 0 Å². The van der Waals surface area contributed by atoms with Gasteiger partial charge in [-0.3, -0.25) is 4.79 Å². The molecule has 0 rings (SSSR count). The molecule has 3 nitrogen and oxygen atoms in total. The molecule has 0 aromatic heterocycles. The van der Waals surface area contributed by atoms with E-state index >= 15 is 0 Å². The van der Waals surface area contributed by atoms with Gasteiger partial charge in [-0.15, -0.1) is 0 Å². The summed E-state index contributed by atoms with van der Waals surface area (Å²) in [6, 6.07) is 0. The van der Waals surface area contributed by atoms with E-state index in [1.165, 1.54) is 0 Å². The molecule has 0 heterocycles. The van der Waals surface area contributed by atoms with Crippen LogP contribution in [0.1, 0.15) is 6.92 Å². The molecule has 1 atom stereocenters. The van der Waals surface area contributed by atoms with E-state index < -0.39 is 0 Å². The van der Waals surface area contributed by atoms with Crippen molar-refractivity contribution in [3.05, 3.63) is 0 Å². The molecule has 0 radical (unpaired) electrons. The lowest BCUT2D eigenvalue weighted by Crippen LogP contribution is -2.37. The minimum Gasteiger partial charge on any atom is -0.349 e. The molecule has 0 spiro atoms. The minimum atomic E-state index is 0.0256. The van der Waals surface area contributed by atoms with Crippen LogP contribution in [0.3, 0.4) is 0 Å². The first-order chi connectivity index (χ1) is 4.92. The fraction of sp³-hybridized carbons (Fsp3) is 0.857. The highest BCUT2D eigenvalue weighted by molar-refractivity contribution is 7.53. The monoisotopic (exact) mass is 178 g/mol. The molecule has 0 aliphatic heterocycles. The normalized spacial score (nSPS) is 12.7. The molecular weight excluding hydrogens is 161 g/mol. The van der Waals surface area contributed by atoms with Crippen LogP contribution in [0.2, 0.25) is 0 Å². The molecule has 0 amide bonds. The molecule has 0 saturated carbocycles. The fourth-order valence-electron chi connectivity index (χ4n) is 0.472. The summed E-state index contributed by atoms with van der Waals surface area (Å²) in [5, 5.41) is 0. The van der Waals surface area contributed by atoms with Crippen molar-refractivity contribution in [2.45, 2.75) is 6.92 Å². The molecule has 0 aliphatic carbocycles. The molecule has 0 saturated heterocycles. The third-order valence-electron chi connectivity index (χ3n) is 1.08. The summed E-state index contributed by atoms with van der Waals surface area (Å²) >= 11 is 0. The van der Waals surface area contributed by atoms with E-state index in [-0.39, 0.29) is 14.3 Å². The van der Waals surface area contributed by atoms with Crippen LogP contribution in [0, 0.1) is 0 Å². The summed E-state index contributed by atoms with van der Waals surface area (Å²) in [4.78, 5) is 10.5. The first-order valence-electron chi connectivity index (χ1n) is 3.60. The van der Waals surface area contributed by atoms with Gasteiger partial charge in [0.1, 0.15) is 13.2 Å². The molecule has 0 aromatic carbocycles. The van der Waals surface area contributed by atoms with Crippen molar-refractivity contribution in [1.29, 1.82) is 0 Å². The van der Waals surface area contributed by atoms with Gasteiger partial charge in [0.05, 0.1) is 30.0 Å². The summed E-state index contributed by atoms with van der Waals surface area (Å²) in [7, 11) is 6.32. The summed E-state index contributed by atoms with van der Waals surface area (Å²) in [6.07, 6.45) is 0. The maximum atomic E-state index is 10.5. The average molecular weight is 178 g/mol. The molecule has 0 aliphatic rings. The SMILES string of the molecule is CC(=O)POCC[N+](C)(C)C. The van der Waals surface area contributed by atoms with Gasteiger partial charge < -0.3 is 9.01 Å². The predicted octanol–water partition coefficient (Wildman–Crippen LogP) is 0.849. The second kappa shape index (κ2) is 4.81. The van der Waals surface area contributed by atoms with Crippen molar-refractivity contribution >= 4 is 14.3 Å². The molecule has 0 aromatic rings. The Bertz CT molecular complexity index is 131. The molecule has 66 valence electrons. The van der Waals surface area contributed by atoms with Gasteiger partial charge in [0.2, 0.25) is 0 Å². The first kappa shape index (κ1) is 11.0. The maximum absolute atomic E-state index is 10.5. The first-order valence-corrected chi connectivity index (χ1v) is 4.51. The van der Waals surface area contributed by atoms with Crippen LogP contribution in [0.15, 0.2) is 0 Å². The van der Waals surface area contributed by atoms with Crippen molar-refractivity contribution < 1.29 is 13.8 Å². The number of rotatable bonds is 5. The number of likely N-dealkylation sites (N-methyl/N-ethyl adjacent to an activating group) is 1. The number of carbonyl (C=O) groups is 1. The second-order valence-electron chi connectivity index (χ2n) is 3.52. The van der Waals surface area contributed by atoms with E-state index in [1.54, 1.807) is 6.92 Å². The highest BCUT2D eigenvalue weighted by Crippen LogP contribution is 2.11. The fourth-order valence-corrected chi connectivity index (χ4v) is 0.869. The van der Waals surface area contributed by atoms with Crippen molar-refractivity contribution in [2.75, 3.05) is 34.3 Å². The Morgan fingerprint density at radius 2 is 2.00 bits per heavy atom. The van der Waals surface area contributed by atoms with E-state index in [1.807, 2.05) is 0 Å². The van der Waals surface area contributed by atoms with Crippen molar-refractivity contribution in [1.82, 2.24) is 0 Å². The Morgan fingerprint density at radius 3 is 2.36 bits per heavy atom. The zero-order valence-corrected chi connectivity index (χ0v) is 8.68. The van der Waals surface area contributed by atoms with Crippen LogP contribution in [0.4, 0.5) is 0 Å². The number of carbonyl (C=O) groups excluding carboxylic acids is 1. The Balaban J connectivity index is 3.22. The van der Waals surface area contributed by atoms with Gasteiger partial charge in [0.15, 0.2) is 5.52 Å². The van der Waals surface area contributed by atoms with E-state index in [9.17, 15) is 4.79 Å². The quantitative estimate of drug-likeness (QED) is 0.354. The highest BCUT2D eigenvalue weighted by Gasteiger charge is 2.05. The molecule has 0 N–H and O–H groups in total. The van der Waals surface area contributed by atoms with Gasteiger partial charge in [0, 0.05) is 6.92 Å². The van der Waals surface area contributed by atoms with Crippen LogP contribution in [-0.2, 0) is 9.32 Å². The van der Waals surface area contributed by atoms with Crippen LogP contribution in [-0.4, -0.2) is 44.3 Å². The number of hydrogen-bond acceptors (Lipinski definition) is 2. The minimum absolute atomic E-state index is 0.0256. The summed E-state index contributed by atoms with van der Waals surface area (Å²) < 4.78 is 6.01. The van der Waals surface area contributed by atoms with E-state index in [0.29, 0.717) is 6.61 Å². The van der Waals surface area contributed by atoms with E-state index in [4.69, 9.17) is 4.52 Å². The highest BCUT2D eigenvalue weighted by atomic mass is 31.1. The van der Waals surface area contributed by atoms with Gasteiger partial charge in [-0.25, -0.2) is 0 Å². The van der Waals surface area contributed by atoms with Crippen molar-refractivity contribution in [2.24, 2.45) is 0 Å². The smallest absolute Gasteiger partial charge is 0.175 e. The van der Waals surface area contributed by atoms with Crippen LogP contribution < -0.4 is 0 Å².